The van der Waals surface area contributed by atoms with Gasteiger partial charge in [-0.2, -0.15) is 5.26 Å². The number of ether oxygens (including phenoxy) is 3. The Morgan fingerprint density at radius 3 is 2.13 bits per heavy atom. The van der Waals surface area contributed by atoms with Crippen LogP contribution in [-0.2, 0) is 0 Å². The number of nitrogens with zero attached hydrogens (tertiary/aromatic N) is 1. The van der Waals surface area contributed by atoms with Gasteiger partial charge in [0.25, 0.3) is 0 Å². The standard InChI is InChI=1S/C19H21NO3/c1-14-7-9-15(10-8-14)16(13-20)11-12-23-19-17(21-2)5-4-6-18(19)22-3/h4-10,16H,11-12H2,1-3H3. The molecule has 0 spiro atoms. The number of benzene rings is 2. The highest BCUT2D eigenvalue weighted by atomic mass is 16.5. The topological polar surface area (TPSA) is 51.5 Å². The van der Waals surface area contributed by atoms with Crippen LogP contribution in [0.15, 0.2) is 42.5 Å². The lowest BCUT2D eigenvalue weighted by molar-refractivity contribution is 0.268. The van der Waals surface area contributed by atoms with Gasteiger partial charge < -0.3 is 14.2 Å². The van der Waals surface area contributed by atoms with Crippen LogP contribution < -0.4 is 14.2 Å². The fourth-order valence-corrected chi connectivity index (χ4v) is 2.34. The minimum atomic E-state index is -0.198. The van der Waals surface area contributed by atoms with Crippen molar-refractivity contribution < 1.29 is 14.2 Å². The zero-order valence-corrected chi connectivity index (χ0v) is 13.7. The SMILES string of the molecule is COc1cccc(OC)c1OCCC(C#N)c1ccc(C)cc1. The van der Waals surface area contributed by atoms with E-state index in [0.29, 0.717) is 30.3 Å². The van der Waals surface area contributed by atoms with Crippen molar-refractivity contribution in [1.29, 1.82) is 5.26 Å². The summed E-state index contributed by atoms with van der Waals surface area (Å²) in [4.78, 5) is 0. The van der Waals surface area contributed by atoms with Crippen molar-refractivity contribution in [3.05, 3.63) is 53.6 Å². The Labute approximate surface area is 137 Å². The highest BCUT2D eigenvalue weighted by molar-refractivity contribution is 5.51. The zero-order valence-electron chi connectivity index (χ0n) is 13.7. The van der Waals surface area contributed by atoms with E-state index in [1.54, 1.807) is 14.2 Å². The van der Waals surface area contributed by atoms with Gasteiger partial charge >= 0.3 is 0 Å². The average molecular weight is 311 g/mol. The van der Waals surface area contributed by atoms with Crippen LogP contribution in [0.3, 0.4) is 0 Å². The molecule has 0 radical (unpaired) electrons. The molecule has 4 heteroatoms. The fraction of sp³-hybridized carbons (Fsp3) is 0.316. The third-order valence-electron chi connectivity index (χ3n) is 3.67. The summed E-state index contributed by atoms with van der Waals surface area (Å²) >= 11 is 0. The van der Waals surface area contributed by atoms with E-state index in [2.05, 4.69) is 6.07 Å². The zero-order chi connectivity index (χ0) is 16.7. The lowest BCUT2D eigenvalue weighted by Gasteiger charge is -2.15. The molecular weight excluding hydrogens is 290 g/mol. The Morgan fingerprint density at radius 1 is 1.00 bits per heavy atom. The molecule has 2 aromatic carbocycles. The van der Waals surface area contributed by atoms with Crippen molar-refractivity contribution in [1.82, 2.24) is 0 Å². The first-order chi connectivity index (χ1) is 11.2. The van der Waals surface area contributed by atoms with Gasteiger partial charge in [-0.05, 0) is 24.6 Å². The number of rotatable bonds is 7. The van der Waals surface area contributed by atoms with E-state index in [4.69, 9.17) is 14.2 Å². The molecule has 1 atom stereocenters. The van der Waals surface area contributed by atoms with E-state index < -0.39 is 0 Å². The molecule has 0 aromatic heterocycles. The monoisotopic (exact) mass is 311 g/mol. The third kappa shape index (κ3) is 4.17. The first kappa shape index (κ1) is 16.7. The van der Waals surface area contributed by atoms with Gasteiger partial charge in [0, 0.05) is 6.42 Å². The average Bonchev–Trinajstić information content (AvgIpc) is 2.59. The highest BCUT2D eigenvalue weighted by Gasteiger charge is 2.14. The summed E-state index contributed by atoms with van der Waals surface area (Å²) in [5, 5.41) is 9.39. The van der Waals surface area contributed by atoms with Crippen molar-refractivity contribution in [3.8, 4) is 23.3 Å². The molecule has 0 aliphatic heterocycles. The largest absolute Gasteiger partial charge is 0.493 e. The second-order valence-corrected chi connectivity index (χ2v) is 5.22. The van der Waals surface area contributed by atoms with Gasteiger partial charge in [-0.15, -0.1) is 0 Å². The van der Waals surface area contributed by atoms with E-state index in [1.807, 2.05) is 49.4 Å². The summed E-state index contributed by atoms with van der Waals surface area (Å²) in [6, 6.07) is 15.8. The minimum Gasteiger partial charge on any atom is -0.493 e. The Bertz CT molecular complexity index is 652. The van der Waals surface area contributed by atoms with E-state index >= 15 is 0 Å². The number of para-hydroxylation sites is 1. The summed E-state index contributed by atoms with van der Waals surface area (Å²) in [6.45, 7) is 2.44. The van der Waals surface area contributed by atoms with Gasteiger partial charge in [0.2, 0.25) is 5.75 Å². The number of hydrogen-bond acceptors (Lipinski definition) is 4. The molecule has 4 nitrogen and oxygen atoms in total. The molecule has 0 amide bonds. The van der Waals surface area contributed by atoms with Crippen LogP contribution in [0.4, 0.5) is 0 Å². The first-order valence-electron chi connectivity index (χ1n) is 7.49. The van der Waals surface area contributed by atoms with Crippen LogP contribution in [0.2, 0.25) is 0 Å². The second kappa shape index (κ2) is 8.09. The number of nitriles is 1. The lowest BCUT2D eigenvalue weighted by Crippen LogP contribution is -2.06. The molecule has 0 fully saturated rings. The Morgan fingerprint density at radius 2 is 1.61 bits per heavy atom. The molecule has 23 heavy (non-hydrogen) atoms. The number of methoxy groups -OCH3 is 2. The maximum atomic E-state index is 9.39. The molecule has 0 N–H and O–H groups in total. The number of hydrogen-bond donors (Lipinski definition) is 0. The van der Waals surface area contributed by atoms with Crippen LogP contribution in [0.1, 0.15) is 23.5 Å². The van der Waals surface area contributed by atoms with E-state index in [-0.39, 0.29) is 5.92 Å². The van der Waals surface area contributed by atoms with Gasteiger partial charge in [0.05, 0.1) is 32.8 Å². The van der Waals surface area contributed by atoms with Gasteiger partial charge in [-0.3, -0.25) is 0 Å². The van der Waals surface area contributed by atoms with Crippen molar-refractivity contribution >= 4 is 0 Å². The molecule has 2 rings (SSSR count). The molecule has 2 aromatic rings. The molecule has 0 aliphatic rings. The van der Waals surface area contributed by atoms with Crippen molar-refractivity contribution in [2.24, 2.45) is 0 Å². The summed E-state index contributed by atoms with van der Waals surface area (Å²) < 4.78 is 16.4. The molecule has 0 bridgehead atoms. The second-order valence-electron chi connectivity index (χ2n) is 5.22. The van der Waals surface area contributed by atoms with E-state index in [1.165, 1.54) is 5.56 Å². The van der Waals surface area contributed by atoms with Gasteiger partial charge in [0.1, 0.15) is 0 Å². The molecular formula is C19H21NO3. The fourth-order valence-electron chi connectivity index (χ4n) is 2.34. The predicted octanol–water partition coefficient (Wildman–Crippen LogP) is 4.09. The highest BCUT2D eigenvalue weighted by Crippen LogP contribution is 2.37. The van der Waals surface area contributed by atoms with Crippen LogP contribution in [0.25, 0.3) is 0 Å². The van der Waals surface area contributed by atoms with Crippen LogP contribution in [0, 0.1) is 18.3 Å². The summed E-state index contributed by atoms with van der Waals surface area (Å²) in [5.41, 5.74) is 2.19. The smallest absolute Gasteiger partial charge is 0.203 e. The van der Waals surface area contributed by atoms with Gasteiger partial charge in [-0.25, -0.2) is 0 Å². The predicted molar refractivity (Wildman–Crippen MR) is 89.2 cm³/mol. The van der Waals surface area contributed by atoms with Crippen LogP contribution in [0.5, 0.6) is 17.2 Å². The molecule has 1 unspecified atom stereocenters. The molecule has 0 heterocycles. The Balaban J connectivity index is 2.04. The summed E-state index contributed by atoms with van der Waals surface area (Å²) in [7, 11) is 3.18. The van der Waals surface area contributed by atoms with Gasteiger partial charge in [0.15, 0.2) is 11.5 Å². The summed E-state index contributed by atoms with van der Waals surface area (Å²) in [6.07, 6.45) is 0.598. The van der Waals surface area contributed by atoms with Crippen molar-refractivity contribution in [3.63, 3.8) is 0 Å². The van der Waals surface area contributed by atoms with E-state index in [9.17, 15) is 5.26 Å². The summed E-state index contributed by atoms with van der Waals surface area (Å²) in [5.74, 6) is 1.61. The maximum absolute atomic E-state index is 9.39. The Kier molecular flexibility index (Phi) is 5.87. The lowest BCUT2D eigenvalue weighted by atomic mass is 9.97. The number of aryl methyl sites for hydroxylation is 1. The maximum Gasteiger partial charge on any atom is 0.203 e. The van der Waals surface area contributed by atoms with Crippen LogP contribution in [-0.4, -0.2) is 20.8 Å². The van der Waals surface area contributed by atoms with Crippen LogP contribution >= 0.6 is 0 Å². The molecule has 0 aliphatic carbocycles. The minimum absolute atomic E-state index is 0.198. The van der Waals surface area contributed by atoms with Gasteiger partial charge in [-0.1, -0.05) is 35.9 Å². The third-order valence-corrected chi connectivity index (χ3v) is 3.67. The molecule has 0 saturated heterocycles. The first-order valence-corrected chi connectivity index (χ1v) is 7.49. The Hall–Kier alpha value is -2.67. The normalized spacial score (nSPS) is 11.4. The molecule has 0 saturated carbocycles. The quantitative estimate of drug-likeness (QED) is 0.773. The van der Waals surface area contributed by atoms with Crippen molar-refractivity contribution in [2.45, 2.75) is 19.3 Å². The van der Waals surface area contributed by atoms with E-state index in [0.717, 1.165) is 5.56 Å². The molecule has 120 valence electrons. The van der Waals surface area contributed by atoms with Crippen molar-refractivity contribution in [2.75, 3.05) is 20.8 Å².